The van der Waals surface area contributed by atoms with Crippen LogP contribution in [-0.2, 0) is 62.0 Å². The lowest BCUT2D eigenvalue weighted by Gasteiger charge is -2.48. The zero-order valence-corrected chi connectivity index (χ0v) is 64.4. The zero-order chi connectivity index (χ0) is 84.6. The number of carbonyl (C=O) groups excluding carboxylic acids is 9. The molecule has 0 aliphatic carbocycles. The minimum absolute atomic E-state index is 0.0829. The van der Waals surface area contributed by atoms with Crippen molar-refractivity contribution in [1.29, 1.82) is 0 Å². The van der Waals surface area contributed by atoms with E-state index in [0.717, 1.165) is 77.7 Å². The summed E-state index contributed by atoms with van der Waals surface area (Å²) in [5.41, 5.74) is 1.56. The normalized spacial score (nSPS) is 27.5. The minimum Gasteiger partial charge on any atom is -0.508 e. The van der Waals surface area contributed by atoms with Gasteiger partial charge in [0.1, 0.15) is 122 Å². The lowest BCUT2D eigenvalue weighted by atomic mass is 9.85. The second-order valence-corrected chi connectivity index (χ2v) is 29.3. The maximum absolute atomic E-state index is 15.7. The van der Waals surface area contributed by atoms with Crippen LogP contribution in [0.4, 0.5) is 9.59 Å². The number of benzene rings is 5. The van der Waals surface area contributed by atoms with Crippen molar-refractivity contribution in [3.05, 3.63) is 155 Å². The Morgan fingerprint density at radius 1 is 0.707 bits per heavy atom. The summed E-state index contributed by atoms with van der Waals surface area (Å²) in [6.45, 7) is 14.9. The van der Waals surface area contributed by atoms with Crippen molar-refractivity contribution in [3.63, 3.8) is 0 Å². The van der Waals surface area contributed by atoms with E-state index < -0.39 is 273 Å². The van der Waals surface area contributed by atoms with E-state index in [4.69, 9.17) is 71.6 Å². The van der Waals surface area contributed by atoms with Crippen molar-refractivity contribution < 1.29 is 137 Å². The van der Waals surface area contributed by atoms with E-state index in [1.54, 1.807) is 13.8 Å². The SMILES string of the molecule is C=CCOC(=O)NC1(C)CC(OC2C(Oc3c4cc5cc3Oc3ccc(cc3Cl)[C@@H](O)[C@@H](NC(=O)[C@@H](CC(C)C)N(C)C(=O)OCC=C)C(=O)N[C@@H](CC(N)=O)C(=O)N[C@@H]5[C@@H](O)NC3C(=O)N[C@H](C(=O)N[C@@H](C(=O)OCC=C)c5cc(O)cc(O)c5-c5cc3ccc5O)[C@H](O)c3ccc(c(Cl)c3)O4)OC(CO)C(O)C2O)OC(C)C1O. The lowest BCUT2D eigenvalue weighted by molar-refractivity contribution is -0.334. The molecule has 116 heavy (non-hydrogen) atoms. The Morgan fingerprint density at radius 2 is 1.32 bits per heavy atom. The standard InChI is InChI=1S/C77H89Cl2N9O28/c1-9-18-108-73(105)57-40-27-38(90)28-46(92)54(40)39-22-34(12-15-45(39)91)55-69(101)86-59(72(104)84-57)61(95)36-14-17-48(42(79)24-36)113-50-26-37-25-49(64(50)116-74-65(63(97)62(96)51(31-89)114-74)115-53-30-77(7,66(98)33(6)111-53)87-75(106)109-19-10-2)112-47-16-13-35(23-41(47)78)60(94)58(85-68(100)44(21-32(4)5)88(8)76(107)110-20-11-3)71(103)81-43(29-52(80)93)67(99)82-56(37)70(102)83-55/h9-17,22-28,32-33,43-44,51,53,55-63,65-66,70,74,83,89-92,94-98,102H,1-3,18-21,29-31H2,4-8H3,(H2,80,93)(H,81,103)(H,82,99)(H,84,104)(H,85,100)(H,86,101)(H,87,106)/t33?,43-,44+,51?,53?,55?,56-,57+,58+,59-,60+,61+,62?,63?,65?,66?,70+,74?,77?/m0/s1. The van der Waals surface area contributed by atoms with Crippen LogP contribution in [0, 0.1) is 5.92 Å². The summed E-state index contributed by atoms with van der Waals surface area (Å²) in [5.74, 6) is -14.6. The molecule has 39 heteroatoms. The topological polar surface area (TPSA) is 552 Å². The average Bonchev–Trinajstić information content (AvgIpc) is 0.764. The summed E-state index contributed by atoms with van der Waals surface area (Å²) in [4.78, 5) is 132. The summed E-state index contributed by atoms with van der Waals surface area (Å²) in [6.07, 6.45) is -21.1. The number of primary amides is 1. The molecule has 0 spiro atoms. The van der Waals surface area contributed by atoms with Gasteiger partial charge in [-0.15, -0.1) is 0 Å². The molecule has 8 amide bonds. The molecule has 5 aromatic carbocycles. The van der Waals surface area contributed by atoms with E-state index in [0.29, 0.717) is 0 Å². The molecule has 19 N–H and O–H groups in total. The van der Waals surface area contributed by atoms with Gasteiger partial charge in [-0.2, -0.15) is 0 Å². The Morgan fingerprint density at radius 3 is 1.93 bits per heavy atom. The van der Waals surface area contributed by atoms with E-state index in [9.17, 15) is 75.0 Å². The van der Waals surface area contributed by atoms with Crippen LogP contribution in [0.25, 0.3) is 11.1 Å². The summed E-state index contributed by atoms with van der Waals surface area (Å²) < 4.78 is 54.7. The maximum atomic E-state index is 15.7. The number of carbonyl (C=O) groups is 9. The fraction of sp³-hybridized carbons (Fsp3) is 0.416. The molecule has 2 saturated heterocycles. The van der Waals surface area contributed by atoms with E-state index in [1.807, 2.05) is 0 Å². The number of aliphatic hydroxyl groups is 7. The van der Waals surface area contributed by atoms with Crippen molar-refractivity contribution in [1.82, 2.24) is 42.1 Å². The van der Waals surface area contributed by atoms with Crippen molar-refractivity contribution >= 4 is 76.8 Å². The molecule has 2 fully saturated rings. The van der Waals surface area contributed by atoms with E-state index >= 15 is 19.2 Å². The molecule has 5 aromatic rings. The monoisotopic (exact) mass is 1660 g/mol. The van der Waals surface area contributed by atoms with Crippen LogP contribution in [0.2, 0.25) is 10.0 Å². The van der Waals surface area contributed by atoms with Gasteiger partial charge in [0, 0.05) is 36.2 Å². The smallest absolute Gasteiger partial charge is 0.410 e. The maximum Gasteiger partial charge on any atom is 0.410 e. The van der Waals surface area contributed by atoms with Crippen molar-refractivity contribution in [3.8, 4) is 57.1 Å². The predicted molar refractivity (Wildman–Crippen MR) is 405 cm³/mol. The second kappa shape index (κ2) is 37.4. The number of aromatic hydroxyl groups is 3. The van der Waals surface area contributed by atoms with Gasteiger partial charge in [-0.3, -0.25) is 39.0 Å². The number of halogens is 2. The van der Waals surface area contributed by atoms with E-state index in [-0.39, 0.29) is 42.2 Å². The second-order valence-electron chi connectivity index (χ2n) is 28.5. The van der Waals surface area contributed by atoms with Crippen LogP contribution < -0.4 is 57.2 Å². The highest BCUT2D eigenvalue weighted by atomic mass is 35.5. The third-order valence-electron chi connectivity index (χ3n) is 19.6. The highest BCUT2D eigenvalue weighted by Crippen LogP contribution is 2.50. The van der Waals surface area contributed by atoms with Crippen LogP contribution in [0.5, 0.6) is 46.0 Å². The molecule has 624 valence electrons. The number of aliphatic hydroxyl groups excluding tert-OH is 7. The number of nitrogens with one attached hydrogen (secondary N) is 7. The summed E-state index contributed by atoms with van der Waals surface area (Å²) in [6, 6.07) is -0.849. The molecule has 10 unspecified atom stereocenters. The Kier molecular flexibility index (Phi) is 28.2. The van der Waals surface area contributed by atoms with Gasteiger partial charge in [-0.1, -0.05) is 93.2 Å². The molecule has 7 aliphatic heterocycles. The fourth-order valence-electron chi connectivity index (χ4n) is 13.8. The van der Waals surface area contributed by atoms with Gasteiger partial charge in [0.15, 0.2) is 29.9 Å². The van der Waals surface area contributed by atoms with Crippen LogP contribution in [0.1, 0.15) is 105 Å². The Labute approximate surface area is 672 Å². The molecule has 0 aromatic heterocycles. The highest BCUT2D eigenvalue weighted by molar-refractivity contribution is 6.32. The number of likely N-dealkylation sites (N-methyl/N-ethyl adjacent to an activating group) is 1. The number of phenolic OH excluding ortho intramolecular Hbond substituents is 3. The molecule has 0 radical (unpaired) electrons. The number of alkyl carbamates (subject to hydrolysis) is 1. The first-order valence-corrected chi connectivity index (χ1v) is 37.0. The van der Waals surface area contributed by atoms with E-state index in [2.05, 4.69) is 57.0 Å². The van der Waals surface area contributed by atoms with Gasteiger partial charge in [-0.05, 0) is 103 Å². The summed E-state index contributed by atoms with van der Waals surface area (Å²) >= 11 is 14.3. The summed E-state index contributed by atoms with van der Waals surface area (Å²) in [7, 11) is 1.23. The lowest BCUT2D eigenvalue weighted by Crippen LogP contribution is -2.66. The molecule has 0 saturated carbocycles. The first-order chi connectivity index (χ1) is 55.0. The van der Waals surface area contributed by atoms with Gasteiger partial charge in [-0.25, -0.2) is 14.4 Å². The number of hydrogen-bond acceptors (Lipinski definition) is 29. The number of rotatable bonds is 20. The summed E-state index contributed by atoms with van der Waals surface area (Å²) in [5, 5.41) is 136. The molecule has 7 aliphatic rings. The van der Waals surface area contributed by atoms with Crippen molar-refractivity contribution in [2.45, 2.75) is 162 Å². The molecular weight excluding hydrogens is 1570 g/mol. The van der Waals surface area contributed by atoms with Gasteiger partial charge in [0.25, 0.3) is 0 Å². The van der Waals surface area contributed by atoms with Gasteiger partial charge < -0.3 is 131 Å². The molecule has 12 rings (SSSR count). The fourth-order valence-corrected chi connectivity index (χ4v) is 14.2. The van der Waals surface area contributed by atoms with Crippen LogP contribution in [0.15, 0.2) is 117 Å². The first kappa shape index (κ1) is 87.5. The van der Waals surface area contributed by atoms with Crippen LogP contribution in [0.3, 0.4) is 0 Å². The molecule has 19 atom stereocenters. The number of phenols is 3. The quantitative estimate of drug-likeness (QED) is 0.0302. The number of esters is 1. The van der Waals surface area contributed by atoms with Gasteiger partial charge in [0.2, 0.25) is 47.5 Å². The van der Waals surface area contributed by atoms with Crippen LogP contribution >= 0.6 is 23.2 Å². The number of nitrogens with zero attached hydrogens (tertiary/aromatic N) is 1. The van der Waals surface area contributed by atoms with Crippen molar-refractivity contribution in [2.24, 2.45) is 11.7 Å². The van der Waals surface area contributed by atoms with Gasteiger partial charge in [0.05, 0.1) is 40.8 Å². The largest absolute Gasteiger partial charge is 0.508 e. The Balaban J connectivity index is 1.23. The molecule has 7 heterocycles. The molecule has 37 nitrogen and oxygen atoms in total. The number of amides is 8. The first-order valence-electron chi connectivity index (χ1n) is 36.2. The molecule has 11 bridgehead atoms. The Bertz CT molecular complexity index is 4600. The minimum atomic E-state index is -2.55. The number of hydrogen-bond donors (Lipinski definition) is 18. The van der Waals surface area contributed by atoms with E-state index in [1.165, 1.54) is 45.2 Å². The Hall–Kier alpha value is -10.9. The van der Waals surface area contributed by atoms with Crippen LogP contribution in [-0.4, -0.2) is 228 Å². The molecular formula is C77H89Cl2N9O28. The zero-order valence-electron chi connectivity index (χ0n) is 62.9. The number of fused-ring (bicyclic) bond motifs is 15. The van der Waals surface area contributed by atoms with Crippen molar-refractivity contribution in [2.75, 3.05) is 33.5 Å². The third kappa shape index (κ3) is 19.6. The van der Waals surface area contributed by atoms with Gasteiger partial charge >= 0.3 is 18.2 Å². The number of ether oxygens (including phenoxy) is 9. The predicted octanol–water partition coefficient (Wildman–Crippen LogP) is 2.53. The number of nitrogens with two attached hydrogens (primary N) is 1. The average molecular weight is 1660 g/mol. The third-order valence-corrected chi connectivity index (χ3v) is 20.2. The highest BCUT2D eigenvalue weighted by Gasteiger charge is 2.53.